The molecule has 1 N–H and O–H groups in total. The van der Waals surface area contributed by atoms with E-state index in [0.717, 1.165) is 19.6 Å². The van der Waals surface area contributed by atoms with Gasteiger partial charge in [0.2, 0.25) is 0 Å². The molecule has 0 radical (unpaired) electrons. The lowest BCUT2D eigenvalue weighted by molar-refractivity contribution is 0.0649. The van der Waals surface area contributed by atoms with Gasteiger partial charge in [0, 0.05) is 31.1 Å². The van der Waals surface area contributed by atoms with Gasteiger partial charge in [-0.2, -0.15) is 0 Å². The second-order valence-electron chi connectivity index (χ2n) is 3.34. The van der Waals surface area contributed by atoms with Crippen molar-refractivity contribution in [3.8, 4) is 0 Å². The first-order valence-corrected chi connectivity index (χ1v) is 5.41. The molecule has 0 aromatic carbocycles. The zero-order valence-corrected chi connectivity index (χ0v) is 8.75. The summed E-state index contributed by atoms with van der Waals surface area (Å²) >= 11 is 1.21. The summed E-state index contributed by atoms with van der Waals surface area (Å²) in [6, 6.07) is 0.234. The van der Waals surface area contributed by atoms with Gasteiger partial charge in [0.05, 0.1) is 0 Å². The average molecular weight is 212 g/mol. The van der Waals surface area contributed by atoms with E-state index in [-0.39, 0.29) is 11.9 Å². The Labute approximate surface area is 86.3 Å². The Bertz CT molecular complexity index is 313. The first kappa shape index (κ1) is 9.54. The normalized spacial score (nSPS) is 22.4. The lowest BCUT2D eigenvalue weighted by Crippen LogP contribution is -2.52. The number of carbonyl (C=O) groups is 1. The molecule has 0 aliphatic carbocycles. The maximum absolute atomic E-state index is 11.9. The molecule has 1 saturated heterocycles. The minimum absolute atomic E-state index is 0.00671. The van der Waals surface area contributed by atoms with Crippen LogP contribution in [0, 0.1) is 0 Å². The van der Waals surface area contributed by atoms with Crippen LogP contribution >= 0.6 is 11.5 Å². The highest BCUT2D eigenvalue weighted by Gasteiger charge is 2.25. The monoisotopic (exact) mass is 212 g/mol. The molecule has 1 unspecified atom stereocenters. The Morgan fingerprint density at radius 3 is 3.29 bits per heavy atom. The molecule has 1 aromatic rings. The van der Waals surface area contributed by atoms with Crippen LogP contribution in [-0.2, 0) is 0 Å². The van der Waals surface area contributed by atoms with Gasteiger partial charge in [0.25, 0.3) is 5.91 Å². The van der Waals surface area contributed by atoms with Crippen LogP contribution in [0.5, 0.6) is 0 Å². The van der Waals surface area contributed by atoms with Crippen LogP contribution in [-0.4, -0.2) is 46.1 Å². The van der Waals surface area contributed by atoms with E-state index in [2.05, 4.69) is 14.9 Å². The van der Waals surface area contributed by atoms with Gasteiger partial charge >= 0.3 is 0 Å². The van der Waals surface area contributed by atoms with Gasteiger partial charge in [0.15, 0.2) is 5.69 Å². The zero-order chi connectivity index (χ0) is 9.97. The molecule has 14 heavy (non-hydrogen) atoms. The molecule has 1 atom stereocenters. The highest BCUT2D eigenvalue weighted by Crippen LogP contribution is 2.08. The zero-order valence-electron chi connectivity index (χ0n) is 7.93. The van der Waals surface area contributed by atoms with Crippen LogP contribution < -0.4 is 5.32 Å². The SMILES string of the molecule is CC1CNCCN1C(=O)c1csnn1. The van der Waals surface area contributed by atoms with Gasteiger partial charge in [0.1, 0.15) is 0 Å². The predicted octanol–water partition coefficient (Wildman–Crippen LogP) is -0.0280. The summed E-state index contributed by atoms with van der Waals surface area (Å²) in [6.45, 7) is 4.48. The van der Waals surface area contributed by atoms with Gasteiger partial charge in [-0.15, -0.1) is 5.10 Å². The maximum atomic E-state index is 11.9. The number of hydrogen-bond acceptors (Lipinski definition) is 5. The molecule has 6 heteroatoms. The quantitative estimate of drug-likeness (QED) is 0.710. The minimum atomic E-state index is -0.00671. The molecule has 2 rings (SSSR count). The Kier molecular flexibility index (Phi) is 2.74. The first-order chi connectivity index (χ1) is 6.79. The second kappa shape index (κ2) is 4.02. The maximum Gasteiger partial charge on any atom is 0.275 e. The molecule has 2 heterocycles. The molecular formula is C8H12N4OS. The highest BCUT2D eigenvalue weighted by molar-refractivity contribution is 7.03. The largest absolute Gasteiger partial charge is 0.332 e. The number of nitrogens with zero attached hydrogens (tertiary/aromatic N) is 3. The van der Waals surface area contributed by atoms with Crippen LogP contribution in [0.4, 0.5) is 0 Å². The highest BCUT2D eigenvalue weighted by atomic mass is 32.1. The van der Waals surface area contributed by atoms with E-state index in [1.807, 2.05) is 11.8 Å². The molecule has 1 amide bonds. The predicted molar refractivity (Wildman–Crippen MR) is 53.3 cm³/mol. The third-order valence-electron chi connectivity index (χ3n) is 2.34. The minimum Gasteiger partial charge on any atom is -0.332 e. The fourth-order valence-corrected chi connectivity index (χ4v) is 1.98. The molecule has 1 fully saturated rings. The Hall–Kier alpha value is -1.01. The van der Waals surface area contributed by atoms with Crippen molar-refractivity contribution in [2.45, 2.75) is 13.0 Å². The standard InChI is InChI=1S/C8H12N4OS/c1-6-4-9-2-3-12(6)8(13)7-5-14-11-10-7/h5-6,9H,2-4H2,1H3. The van der Waals surface area contributed by atoms with Crippen molar-refractivity contribution in [2.75, 3.05) is 19.6 Å². The van der Waals surface area contributed by atoms with E-state index in [9.17, 15) is 4.79 Å². The van der Waals surface area contributed by atoms with Crippen molar-refractivity contribution >= 4 is 17.4 Å². The summed E-state index contributed by atoms with van der Waals surface area (Å²) in [5, 5.41) is 8.71. The lowest BCUT2D eigenvalue weighted by atomic mass is 10.2. The molecule has 76 valence electrons. The Balaban J connectivity index is 2.10. The van der Waals surface area contributed by atoms with Crippen molar-refractivity contribution in [1.82, 2.24) is 19.8 Å². The molecule has 1 aliphatic rings. The van der Waals surface area contributed by atoms with E-state index >= 15 is 0 Å². The van der Waals surface area contributed by atoms with Crippen LogP contribution in [0.1, 0.15) is 17.4 Å². The summed E-state index contributed by atoms with van der Waals surface area (Å²) in [5.74, 6) is -0.00671. The van der Waals surface area contributed by atoms with E-state index in [0.29, 0.717) is 5.69 Å². The number of aromatic nitrogens is 2. The van der Waals surface area contributed by atoms with Crippen molar-refractivity contribution in [3.63, 3.8) is 0 Å². The van der Waals surface area contributed by atoms with Crippen LogP contribution in [0.25, 0.3) is 0 Å². The van der Waals surface area contributed by atoms with E-state index in [4.69, 9.17) is 0 Å². The molecule has 0 spiro atoms. The number of piperazine rings is 1. The van der Waals surface area contributed by atoms with Gasteiger partial charge in [-0.25, -0.2) is 0 Å². The number of amides is 1. The van der Waals surface area contributed by atoms with Gasteiger partial charge < -0.3 is 10.2 Å². The summed E-state index contributed by atoms with van der Waals surface area (Å²) < 4.78 is 3.69. The van der Waals surface area contributed by atoms with Gasteiger partial charge in [-0.05, 0) is 18.5 Å². The van der Waals surface area contributed by atoms with Crippen molar-refractivity contribution < 1.29 is 4.79 Å². The number of nitrogens with one attached hydrogen (secondary N) is 1. The molecule has 0 bridgehead atoms. The fraction of sp³-hybridized carbons (Fsp3) is 0.625. The number of hydrogen-bond donors (Lipinski definition) is 1. The summed E-state index contributed by atoms with van der Waals surface area (Å²) in [7, 11) is 0. The fourth-order valence-electron chi connectivity index (χ4n) is 1.55. The molecular weight excluding hydrogens is 200 g/mol. The Morgan fingerprint density at radius 1 is 1.79 bits per heavy atom. The Morgan fingerprint density at radius 2 is 2.64 bits per heavy atom. The summed E-state index contributed by atoms with van der Waals surface area (Å²) in [5.41, 5.74) is 0.462. The van der Waals surface area contributed by atoms with Crippen molar-refractivity contribution in [3.05, 3.63) is 11.1 Å². The number of carbonyl (C=O) groups excluding carboxylic acids is 1. The van der Waals surface area contributed by atoms with Crippen molar-refractivity contribution in [1.29, 1.82) is 0 Å². The summed E-state index contributed by atoms with van der Waals surface area (Å²) in [6.07, 6.45) is 0. The second-order valence-corrected chi connectivity index (χ2v) is 3.95. The van der Waals surface area contributed by atoms with Gasteiger partial charge in [-0.3, -0.25) is 4.79 Å². The topological polar surface area (TPSA) is 58.1 Å². The molecule has 1 aromatic heterocycles. The molecule has 1 aliphatic heterocycles. The molecule has 0 saturated carbocycles. The van der Waals surface area contributed by atoms with Crippen LogP contribution in [0.15, 0.2) is 5.38 Å². The molecule has 5 nitrogen and oxygen atoms in total. The smallest absolute Gasteiger partial charge is 0.275 e. The third-order valence-corrected chi connectivity index (χ3v) is 2.85. The van der Waals surface area contributed by atoms with Crippen molar-refractivity contribution in [2.24, 2.45) is 0 Å². The summed E-state index contributed by atoms with van der Waals surface area (Å²) in [4.78, 5) is 13.7. The van der Waals surface area contributed by atoms with E-state index in [1.165, 1.54) is 11.5 Å². The van der Waals surface area contributed by atoms with E-state index < -0.39 is 0 Å². The van der Waals surface area contributed by atoms with E-state index in [1.54, 1.807) is 5.38 Å². The van der Waals surface area contributed by atoms with Crippen LogP contribution in [0.3, 0.4) is 0 Å². The third kappa shape index (κ3) is 1.76. The lowest BCUT2D eigenvalue weighted by Gasteiger charge is -2.33. The van der Waals surface area contributed by atoms with Gasteiger partial charge in [-0.1, -0.05) is 4.49 Å². The number of rotatable bonds is 1. The average Bonchev–Trinajstić information content (AvgIpc) is 2.70. The van der Waals surface area contributed by atoms with Crippen LogP contribution in [0.2, 0.25) is 0 Å². The first-order valence-electron chi connectivity index (χ1n) is 4.58.